The number of ketones is 2. The van der Waals surface area contributed by atoms with Crippen molar-refractivity contribution < 1.29 is 49.1 Å². The second-order valence-corrected chi connectivity index (χ2v) is 7.04. The molecule has 2 nitrogen and oxygen atoms in total. The van der Waals surface area contributed by atoms with Gasteiger partial charge in [-0.05, 0) is 24.3 Å². The van der Waals surface area contributed by atoms with E-state index in [0.29, 0.717) is 6.07 Å². The number of hydrogen-bond donors (Lipinski definition) is 0. The van der Waals surface area contributed by atoms with Crippen molar-refractivity contribution in [2.75, 3.05) is 0 Å². The summed E-state index contributed by atoms with van der Waals surface area (Å²) in [5.74, 6) is -3.03. The third-order valence-corrected chi connectivity index (χ3v) is 4.73. The number of hydrogen-bond acceptors (Lipinski definition) is 2. The van der Waals surface area contributed by atoms with Crippen LogP contribution in [0.15, 0.2) is 66.7 Å². The summed E-state index contributed by atoms with van der Waals surface area (Å²) < 4.78 is 121. The standard InChI is InChI=1S/C23H11F9O2/c24-21(25,26)14-8-4-7-13(9-14)19(33)16-10-15(22(27,28)29)11-17(23(30,31)32)18(16)20(34)12-5-2-1-3-6-12/h1-11H. The molecule has 0 aliphatic heterocycles. The van der Waals surface area contributed by atoms with Gasteiger partial charge in [0.25, 0.3) is 0 Å². The van der Waals surface area contributed by atoms with E-state index in [4.69, 9.17) is 0 Å². The minimum absolute atomic E-state index is 0.0357. The van der Waals surface area contributed by atoms with E-state index in [-0.39, 0.29) is 23.8 Å². The highest BCUT2D eigenvalue weighted by atomic mass is 19.4. The van der Waals surface area contributed by atoms with Gasteiger partial charge in [-0.2, -0.15) is 39.5 Å². The Morgan fingerprint density at radius 2 is 1.09 bits per heavy atom. The zero-order chi connectivity index (χ0) is 25.5. The second-order valence-electron chi connectivity index (χ2n) is 7.04. The smallest absolute Gasteiger partial charge is 0.289 e. The zero-order valence-electron chi connectivity index (χ0n) is 16.6. The van der Waals surface area contributed by atoms with Crippen LogP contribution in [-0.2, 0) is 18.5 Å². The number of halogens is 9. The third-order valence-electron chi connectivity index (χ3n) is 4.73. The fourth-order valence-electron chi connectivity index (χ4n) is 3.18. The maximum Gasteiger partial charge on any atom is 0.417 e. The van der Waals surface area contributed by atoms with Crippen LogP contribution in [0.3, 0.4) is 0 Å². The van der Waals surface area contributed by atoms with Crippen molar-refractivity contribution >= 4 is 11.6 Å². The second kappa shape index (κ2) is 8.62. The van der Waals surface area contributed by atoms with Crippen molar-refractivity contribution in [3.05, 3.63) is 106 Å². The lowest BCUT2D eigenvalue weighted by molar-refractivity contribution is -0.143. The maximum absolute atomic E-state index is 13.8. The summed E-state index contributed by atoms with van der Waals surface area (Å²) in [6, 6.07) is 8.28. The fourth-order valence-corrected chi connectivity index (χ4v) is 3.18. The minimum atomic E-state index is -5.50. The van der Waals surface area contributed by atoms with Crippen molar-refractivity contribution in [3.8, 4) is 0 Å². The van der Waals surface area contributed by atoms with Crippen LogP contribution in [0.4, 0.5) is 39.5 Å². The van der Waals surface area contributed by atoms with Gasteiger partial charge < -0.3 is 0 Å². The van der Waals surface area contributed by atoms with Crippen molar-refractivity contribution in [2.24, 2.45) is 0 Å². The molecule has 178 valence electrons. The SMILES string of the molecule is O=C(c1cccc(C(F)(F)F)c1)c1cc(C(F)(F)F)cc(C(F)(F)F)c1C(=O)c1ccccc1. The van der Waals surface area contributed by atoms with Gasteiger partial charge in [0.15, 0.2) is 11.6 Å². The Bertz CT molecular complexity index is 1240. The van der Waals surface area contributed by atoms with Crippen LogP contribution in [0.25, 0.3) is 0 Å². The van der Waals surface area contributed by atoms with Crippen molar-refractivity contribution in [3.63, 3.8) is 0 Å². The van der Waals surface area contributed by atoms with E-state index in [2.05, 4.69) is 0 Å². The molecule has 0 aromatic heterocycles. The van der Waals surface area contributed by atoms with Gasteiger partial charge in [-0.3, -0.25) is 9.59 Å². The summed E-state index contributed by atoms with van der Waals surface area (Å²) in [6.07, 6.45) is -15.8. The molecule has 0 saturated carbocycles. The largest absolute Gasteiger partial charge is 0.417 e. The predicted molar refractivity (Wildman–Crippen MR) is 101 cm³/mol. The summed E-state index contributed by atoms with van der Waals surface area (Å²) in [5, 5.41) is 0. The van der Waals surface area contributed by atoms with Gasteiger partial charge in [-0.1, -0.05) is 42.5 Å². The van der Waals surface area contributed by atoms with Gasteiger partial charge in [0.2, 0.25) is 0 Å². The van der Waals surface area contributed by atoms with E-state index in [1.807, 2.05) is 0 Å². The molecule has 0 N–H and O–H groups in total. The van der Waals surface area contributed by atoms with Crippen molar-refractivity contribution in [1.82, 2.24) is 0 Å². The summed E-state index contributed by atoms with van der Waals surface area (Å²) in [7, 11) is 0. The molecular formula is C23H11F9O2. The average molecular weight is 490 g/mol. The predicted octanol–water partition coefficient (Wildman–Crippen LogP) is 7.21. The molecular weight excluding hydrogens is 479 g/mol. The third kappa shape index (κ3) is 5.13. The highest BCUT2D eigenvalue weighted by molar-refractivity contribution is 6.20. The lowest BCUT2D eigenvalue weighted by atomic mass is 9.87. The first kappa shape index (κ1) is 25.0. The maximum atomic E-state index is 13.8. The number of rotatable bonds is 4. The van der Waals surface area contributed by atoms with E-state index >= 15 is 0 Å². The summed E-state index contributed by atoms with van der Waals surface area (Å²) >= 11 is 0. The molecule has 0 amide bonds. The molecule has 11 heteroatoms. The molecule has 0 atom stereocenters. The number of alkyl halides is 9. The number of carbonyl (C=O) groups is 2. The van der Waals surface area contributed by atoms with Gasteiger partial charge in [-0.15, -0.1) is 0 Å². The van der Waals surface area contributed by atoms with Crippen LogP contribution < -0.4 is 0 Å². The van der Waals surface area contributed by atoms with Crippen LogP contribution in [0.2, 0.25) is 0 Å². The van der Waals surface area contributed by atoms with Crippen LogP contribution in [0.1, 0.15) is 48.5 Å². The molecule has 0 aliphatic carbocycles. The Balaban J connectivity index is 2.36. The lowest BCUT2D eigenvalue weighted by Gasteiger charge is -2.19. The Labute approximate surface area is 185 Å². The monoisotopic (exact) mass is 490 g/mol. The van der Waals surface area contributed by atoms with Gasteiger partial charge in [0, 0.05) is 22.3 Å². The molecule has 0 unspecified atom stereocenters. The van der Waals surface area contributed by atoms with Crippen LogP contribution in [0.5, 0.6) is 0 Å². The summed E-state index contributed by atoms with van der Waals surface area (Å²) in [4.78, 5) is 25.9. The van der Waals surface area contributed by atoms with Crippen molar-refractivity contribution in [1.29, 1.82) is 0 Å². The molecule has 3 aromatic rings. The van der Waals surface area contributed by atoms with E-state index < -0.39 is 63.5 Å². The molecule has 0 spiro atoms. The quantitative estimate of drug-likeness (QED) is 0.286. The van der Waals surface area contributed by atoms with E-state index in [0.717, 1.165) is 24.3 Å². The lowest BCUT2D eigenvalue weighted by Crippen LogP contribution is -2.22. The van der Waals surface area contributed by atoms with Crippen molar-refractivity contribution in [2.45, 2.75) is 18.5 Å². The molecule has 0 heterocycles. The first-order valence-electron chi connectivity index (χ1n) is 9.25. The molecule has 3 aromatic carbocycles. The molecule has 0 bridgehead atoms. The molecule has 0 aliphatic rings. The van der Waals surface area contributed by atoms with Crippen LogP contribution in [-0.4, -0.2) is 11.6 Å². The average Bonchev–Trinajstić information content (AvgIpc) is 2.76. The van der Waals surface area contributed by atoms with E-state index in [1.165, 1.54) is 18.2 Å². The number of carbonyl (C=O) groups excluding carboxylic acids is 2. The van der Waals surface area contributed by atoms with Crippen LogP contribution in [0, 0.1) is 0 Å². The first-order chi connectivity index (χ1) is 15.6. The highest BCUT2D eigenvalue weighted by Gasteiger charge is 2.42. The molecule has 3 rings (SSSR count). The van der Waals surface area contributed by atoms with Gasteiger partial charge in [-0.25, -0.2) is 0 Å². The van der Waals surface area contributed by atoms with Gasteiger partial charge in [0.05, 0.1) is 16.7 Å². The Hall–Kier alpha value is -3.63. The van der Waals surface area contributed by atoms with E-state index in [9.17, 15) is 49.1 Å². The molecule has 34 heavy (non-hydrogen) atoms. The van der Waals surface area contributed by atoms with E-state index in [1.54, 1.807) is 0 Å². The fraction of sp³-hybridized carbons (Fsp3) is 0.130. The Morgan fingerprint density at radius 3 is 1.62 bits per heavy atom. The normalized spacial score (nSPS) is 12.5. The van der Waals surface area contributed by atoms with Gasteiger partial charge in [0.1, 0.15) is 0 Å². The number of benzene rings is 3. The molecule has 0 radical (unpaired) electrons. The first-order valence-corrected chi connectivity index (χ1v) is 9.25. The summed E-state index contributed by atoms with van der Waals surface area (Å²) in [6.45, 7) is 0. The summed E-state index contributed by atoms with van der Waals surface area (Å²) in [5.41, 5.74) is -9.21. The Morgan fingerprint density at radius 1 is 0.529 bits per heavy atom. The van der Waals surface area contributed by atoms with Gasteiger partial charge >= 0.3 is 18.5 Å². The minimum Gasteiger partial charge on any atom is -0.289 e. The van der Waals surface area contributed by atoms with Crippen LogP contribution >= 0.6 is 0 Å². The molecule has 0 fully saturated rings. The highest BCUT2D eigenvalue weighted by Crippen LogP contribution is 2.40. The zero-order valence-corrected chi connectivity index (χ0v) is 16.6. The Kier molecular flexibility index (Phi) is 6.34. The molecule has 0 saturated heterocycles. The topological polar surface area (TPSA) is 34.1 Å².